The molecule has 2 nitrogen and oxygen atoms in total. The van der Waals surface area contributed by atoms with Gasteiger partial charge < -0.3 is 10.6 Å². The first-order chi connectivity index (χ1) is 7.54. The maximum absolute atomic E-state index is 5.17. The summed E-state index contributed by atoms with van der Waals surface area (Å²) in [6.45, 7) is 8.40. The second-order valence-electron chi connectivity index (χ2n) is 3.54. The average molecular weight is 299 g/mol. The van der Waals surface area contributed by atoms with E-state index in [0.29, 0.717) is 11.7 Å². The third kappa shape index (κ3) is 3.61. The summed E-state index contributed by atoms with van der Waals surface area (Å²) in [5.41, 5.74) is 3.38. The molecule has 1 rings (SSSR count). The molecule has 16 heavy (non-hydrogen) atoms. The number of rotatable bonds is 3. The zero-order chi connectivity index (χ0) is 12.1. The molecule has 0 saturated carbocycles. The molecule has 0 saturated heterocycles. The fourth-order valence-electron chi connectivity index (χ4n) is 1.43. The van der Waals surface area contributed by atoms with E-state index < -0.39 is 0 Å². The highest BCUT2D eigenvalue weighted by molar-refractivity contribution is 9.10. The summed E-state index contributed by atoms with van der Waals surface area (Å²) in [7, 11) is 0. The Hall–Kier alpha value is -0.870. The monoisotopic (exact) mass is 298 g/mol. The fourth-order valence-corrected chi connectivity index (χ4v) is 2.30. The molecule has 0 aliphatic heterocycles. The Balaban J connectivity index is 2.81. The Bertz CT molecular complexity index is 392. The Morgan fingerprint density at radius 1 is 1.44 bits per heavy atom. The lowest BCUT2D eigenvalue weighted by Gasteiger charge is -2.14. The van der Waals surface area contributed by atoms with Crippen LogP contribution in [0.15, 0.2) is 29.3 Å². The van der Waals surface area contributed by atoms with Crippen LogP contribution in [0.3, 0.4) is 0 Å². The second kappa shape index (κ2) is 6.01. The maximum atomic E-state index is 5.17. The Morgan fingerprint density at radius 3 is 2.50 bits per heavy atom. The summed E-state index contributed by atoms with van der Waals surface area (Å²) >= 11 is 8.64. The summed E-state index contributed by atoms with van der Waals surface area (Å²) in [4.78, 5) is 0. The van der Waals surface area contributed by atoms with Crippen LogP contribution in [0.1, 0.15) is 11.1 Å². The van der Waals surface area contributed by atoms with Crippen LogP contribution >= 0.6 is 28.1 Å². The first kappa shape index (κ1) is 13.2. The highest BCUT2D eigenvalue weighted by atomic mass is 79.9. The average Bonchev–Trinajstić information content (AvgIpc) is 2.20. The first-order valence-electron chi connectivity index (χ1n) is 4.97. The van der Waals surface area contributed by atoms with Crippen LogP contribution < -0.4 is 10.6 Å². The summed E-state index contributed by atoms with van der Waals surface area (Å²) in [6.07, 6.45) is 1.77. The highest BCUT2D eigenvalue weighted by Crippen LogP contribution is 2.24. The zero-order valence-electron chi connectivity index (χ0n) is 9.43. The molecule has 0 heterocycles. The smallest absolute Gasteiger partial charge is 0.171 e. The predicted molar refractivity (Wildman–Crippen MR) is 78.0 cm³/mol. The number of aryl methyl sites for hydroxylation is 2. The van der Waals surface area contributed by atoms with Crippen molar-refractivity contribution in [2.45, 2.75) is 13.8 Å². The molecule has 0 amide bonds. The minimum Gasteiger partial charge on any atom is -0.359 e. The molecule has 1 aromatic carbocycles. The van der Waals surface area contributed by atoms with Crippen molar-refractivity contribution in [1.82, 2.24) is 5.32 Å². The van der Waals surface area contributed by atoms with Gasteiger partial charge in [0.05, 0.1) is 0 Å². The number of hydrogen-bond acceptors (Lipinski definition) is 1. The van der Waals surface area contributed by atoms with E-state index in [1.54, 1.807) is 6.08 Å². The van der Waals surface area contributed by atoms with Crippen LogP contribution in [0, 0.1) is 13.8 Å². The van der Waals surface area contributed by atoms with Gasteiger partial charge in [-0.1, -0.05) is 22.0 Å². The van der Waals surface area contributed by atoms with Crippen molar-refractivity contribution in [3.8, 4) is 0 Å². The van der Waals surface area contributed by atoms with Crippen molar-refractivity contribution in [3.05, 3.63) is 40.4 Å². The SMILES string of the molecule is C=CCNC(=S)Nc1c(C)cc(Br)cc1C. The van der Waals surface area contributed by atoms with E-state index in [-0.39, 0.29) is 0 Å². The van der Waals surface area contributed by atoms with Gasteiger partial charge in [0.1, 0.15) is 0 Å². The molecule has 4 heteroatoms. The molecule has 0 atom stereocenters. The molecule has 0 spiro atoms. The number of thiocarbonyl (C=S) groups is 1. The molecule has 0 aliphatic carbocycles. The third-order valence-electron chi connectivity index (χ3n) is 2.14. The maximum Gasteiger partial charge on any atom is 0.171 e. The summed E-state index contributed by atoms with van der Waals surface area (Å²) in [5.74, 6) is 0. The van der Waals surface area contributed by atoms with Crippen molar-refractivity contribution in [1.29, 1.82) is 0 Å². The van der Waals surface area contributed by atoms with Gasteiger partial charge in [0.25, 0.3) is 0 Å². The lowest BCUT2D eigenvalue weighted by molar-refractivity contribution is 1.06. The van der Waals surface area contributed by atoms with Crippen molar-refractivity contribution in [3.63, 3.8) is 0 Å². The quantitative estimate of drug-likeness (QED) is 0.659. The lowest BCUT2D eigenvalue weighted by Crippen LogP contribution is -2.28. The number of hydrogen-bond donors (Lipinski definition) is 2. The molecule has 0 fully saturated rings. The summed E-state index contributed by atoms with van der Waals surface area (Å²) in [5, 5.41) is 6.85. The van der Waals surface area contributed by atoms with Crippen LogP contribution in [0.4, 0.5) is 5.69 Å². The van der Waals surface area contributed by atoms with Crippen molar-refractivity contribution in [2.75, 3.05) is 11.9 Å². The Morgan fingerprint density at radius 2 is 2.00 bits per heavy atom. The lowest BCUT2D eigenvalue weighted by atomic mass is 10.1. The van der Waals surface area contributed by atoms with E-state index in [0.717, 1.165) is 21.3 Å². The number of nitrogens with one attached hydrogen (secondary N) is 2. The number of anilines is 1. The summed E-state index contributed by atoms with van der Waals surface area (Å²) < 4.78 is 1.08. The van der Waals surface area contributed by atoms with Gasteiger partial charge in [0.2, 0.25) is 0 Å². The van der Waals surface area contributed by atoms with Crippen LogP contribution in [0.2, 0.25) is 0 Å². The normalized spacial score (nSPS) is 9.69. The third-order valence-corrected chi connectivity index (χ3v) is 2.85. The number of benzene rings is 1. The predicted octanol–water partition coefficient (Wildman–Crippen LogP) is 3.54. The molecule has 0 aromatic heterocycles. The van der Waals surface area contributed by atoms with Gasteiger partial charge in [-0.3, -0.25) is 0 Å². The van der Waals surface area contributed by atoms with E-state index in [1.165, 1.54) is 0 Å². The Labute approximate surface area is 110 Å². The van der Waals surface area contributed by atoms with Gasteiger partial charge in [-0.05, 0) is 49.3 Å². The van der Waals surface area contributed by atoms with Crippen molar-refractivity contribution >= 4 is 38.9 Å². The molecule has 0 radical (unpaired) electrons. The van der Waals surface area contributed by atoms with Crippen molar-refractivity contribution < 1.29 is 0 Å². The molecular formula is C12H15BrN2S. The topological polar surface area (TPSA) is 24.1 Å². The molecule has 86 valence electrons. The van der Waals surface area contributed by atoms with Gasteiger partial charge in [-0.25, -0.2) is 0 Å². The van der Waals surface area contributed by atoms with Crippen LogP contribution in [0.5, 0.6) is 0 Å². The van der Waals surface area contributed by atoms with E-state index in [4.69, 9.17) is 12.2 Å². The van der Waals surface area contributed by atoms with Gasteiger partial charge in [0.15, 0.2) is 5.11 Å². The fraction of sp³-hybridized carbons (Fsp3) is 0.250. The van der Waals surface area contributed by atoms with Crippen LogP contribution in [0.25, 0.3) is 0 Å². The molecule has 1 aromatic rings. The largest absolute Gasteiger partial charge is 0.359 e. The van der Waals surface area contributed by atoms with Crippen LogP contribution in [-0.2, 0) is 0 Å². The second-order valence-corrected chi connectivity index (χ2v) is 4.86. The Kier molecular flexibility index (Phi) is 4.96. The van der Waals surface area contributed by atoms with E-state index in [2.05, 4.69) is 59.1 Å². The molecule has 2 N–H and O–H groups in total. The molecule has 0 unspecified atom stereocenters. The van der Waals surface area contributed by atoms with Gasteiger partial charge in [-0.15, -0.1) is 6.58 Å². The molecule has 0 bridgehead atoms. The van der Waals surface area contributed by atoms with Gasteiger partial charge >= 0.3 is 0 Å². The molecule has 0 aliphatic rings. The van der Waals surface area contributed by atoms with Gasteiger partial charge in [-0.2, -0.15) is 0 Å². The zero-order valence-corrected chi connectivity index (χ0v) is 11.8. The van der Waals surface area contributed by atoms with Gasteiger partial charge in [0, 0.05) is 16.7 Å². The van der Waals surface area contributed by atoms with Crippen molar-refractivity contribution in [2.24, 2.45) is 0 Å². The first-order valence-corrected chi connectivity index (χ1v) is 6.17. The summed E-state index contributed by atoms with van der Waals surface area (Å²) in [6, 6.07) is 4.12. The minimum atomic E-state index is 0.619. The van der Waals surface area contributed by atoms with E-state index in [1.807, 2.05) is 0 Å². The van der Waals surface area contributed by atoms with Crippen LogP contribution in [-0.4, -0.2) is 11.7 Å². The highest BCUT2D eigenvalue weighted by Gasteiger charge is 2.05. The van der Waals surface area contributed by atoms with E-state index in [9.17, 15) is 0 Å². The standard InChI is InChI=1S/C12H15BrN2S/c1-4-5-14-12(16)15-11-8(2)6-10(13)7-9(11)3/h4,6-7H,1,5H2,2-3H3,(H2,14,15,16). The number of halogens is 1. The van der Waals surface area contributed by atoms with E-state index >= 15 is 0 Å². The minimum absolute atomic E-state index is 0.619. The molecular weight excluding hydrogens is 284 g/mol.